The first-order chi connectivity index (χ1) is 57.2. The second-order valence-corrected chi connectivity index (χ2v) is 78.4. The summed E-state index contributed by atoms with van der Waals surface area (Å²) in [5.41, 5.74) is 11.6. The van der Waals surface area contributed by atoms with Gasteiger partial charge in [-0.1, -0.05) is 202 Å². The number of aryl methyl sites for hydroxylation is 2. The van der Waals surface area contributed by atoms with Crippen LogP contribution in [0.1, 0.15) is 113 Å². The number of hydrogen-bond donors (Lipinski definition) is 2. The molecule has 3 aromatic carbocycles. The molecular formula is C93H124Br4Cl2MgNNaO16Si8. The van der Waals surface area contributed by atoms with Crippen molar-refractivity contribution < 1.29 is 121 Å². The van der Waals surface area contributed by atoms with Gasteiger partial charge in [0.15, 0.2) is 26.6 Å². The fourth-order valence-electron chi connectivity index (χ4n) is 12.1. The fourth-order valence-corrected chi connectivity index (χ4v) is 45.4. The standard InChI is InChI=1S/C28H37NO5Si2.C20H28O2Si2.C10H10O3.C10H18Si2.C6H5BrO3.C6H16Cl2Si2.C5H3BrO3.C4H5Br.2C2H.BrH.Mg.Na/c1-18-13-25-26(36(7,8)12-11-35(25,5)6)15-19(18)14-20-9-10-22(34-20)28(30)29-27-23(32-3)16-21(31-2)17-24(27)33-4;1-14-11-19-20(24(5,6)10-9-23(19,3)4)13-16(14)12-17-7-8-18(22-17)15(2)21;1-3-4-5-8-6-7-9(13-8)10(11)12-2;1-7-11(3,4)9-10-12(5,6)8-2;1-9-6(8)4-2-3-5(7)10-4;1-9(2,7)5-6-10(3,4)8;6-4-2-1-3(9-4)5(7)8;1-2-3-4-5;2*1-2;;;/h9-10,13,15-17H,11-12,14H2,1-8H3,(H,29,30);7-8,11,13H,9-10,12H2,1-6H3;6-7H,5H2,1-2H3;1-2H,9-10H2,3-6H3;2-3H,1H3;5-6H2,1-4H3;1-2H,(H,7,8);4H2,1H3;2*1H;1H;;/q;;;;;;;;2*-1;;+2;+1/p-1. The van der Waals surface area contributed by atoms with E-state index in [1.807, 2.05) is 19.1 Å². The Labute approximate surface area is 842 Å². The Bertz CT molecular complexity index is 5000. The maximum atomic E-state index is 13.0. The maximum absolute atomic E-state index is 13.0. The average molecular weight is 2170 g/mol. The summed E-state index contributed by atoms with van der Waals surface area (Å²) in [6.45, 7) is 47.2. The Hall–Kier alpha value is -5.63. The number of rotatable bonds is 20. The number of anilines is 1. The van der Waals surface area contributed by atoms with Crippen LogP contribution in [0, 0.1) is 87.2 Å². The molecule has 1 amide bonds. The quantitative estimate of drug-likeness (QED) is 0.0137. The van der Waals surface area contributed by atoms with Crippen molar-refractivity contribution in [3.8, 4) is 77.7 Å². The summed E-state index contributed by atoms with van der Waals surface area (Å²) >= 11 is 21.4. The normalized spacial score (nSPS) is 12.7. The van der Waals surface area contributed by atoms with Crippen LogP contribution in [-0.2, 0) is 28.7 Å². The SMILES string of the molecule is C#C[Si](C)(C)CC[Si](C)(C)C#C.CC#CCBr.CC#CCc1ccc(C(=O)OC)o1.CC(=O)c1ccc(Cc2cc3c(cc2C)[Si](C)(C)CC[Si]3(C)C)o1.COC(=O)c1ccc(Br)o1.COc1cc(OC)c(NC(=O)c2ccc(Cc3cc4c(cc3C)[Si](C)(C)CC[Si]4(C)C)o2)c(OC)c1.C[Si](C)(Cl)CC[Si](C)(C)Cl.O=C(O)c1ccc(Br)o1.[Br-].[C-]#C.[C-]#C.[Mg+2].[Na+]. The molecule has 0 atom stereocenters. The van der Waals surface area contributed by atoms with Crippen LogP contribution in [0.2, 0.25) is 153 Å². The van der Waals surface area contributed by atoms with Crippen molar-refractivity contribution in [1.29, 1.82) is 0 Å². The van der Waals surface area contributed by atoms with Crippen molar-refractivity contribution >= 4 is 212 Å². The first-order valence-corrected chi connectivity index (χ1v) is 70.0. The van der Waals surface area contributed by atoms with Crippen LogP contribution >= 0.6 is 69.9 Å². The zero-order valence-corrected chi connectivity index (χ0v) is 97.8. The number of amides is 1. The Morgan fingerprint density at radius 3 is 1.13 bits per heavy atom. The van der Waals surface area contributed by atoms with Crippen LogP contribution in [0.25, 0.3) is 0 Å². The number of ether oxygens (including phenoxy) is 5. The Morgan fingerprint density at radius 2 is 0.841 bits per heavy atom. The second kappa shape index (κ2) is 59.0. The van der Waals surface area contributed by atoms with Crippen LogP contribution in [0.4, 0.5) is 5.69 Å². The number of terminal acetylenes is 4. The third-order valence-electron chi connectivity index (χ3n) is 20.1. The minimum absolute atomic E-state index is 0. The number of hydrogen-bond acceptors (Lipinski definition) is 15. The molecule has 0 bridgehead atoms. The van der Waals surface area contributed by atoms with Crippen molar-refractivity contribution in [3.05, 3.63) is 188 Å². The first-order valence-electron chi connectivity index (χ1n) is 39.6. The molecule has 7 heterocycles. The molecule has 17 nitrogen and oxygen atoms in total. The van der Waals surface area contributed by atoms with Crippen molar-refractivity contribution in [3.63, 3.8) is 0 Å². The summed E-state index contributed by atoms with van der Waals surface area (Å²) in [7, 11) is -3.57. The van der Waals surface area contributed by atoms with E-state index in [-0.39, 0.29) is 104 Å². The van der Waals surface area contributed by atoms with Gasteiger partial charge < -0.3 is 98.9 Å². The van der Waals surface area contributed by atoms with Gasteiger partial charge in [0.25, 0.3) is 5.91 Å². The van der Waals surface area contributed by atoms with Crippen LogP contribution in [0.15, 0.2) is 128 Å². The summed E-state index contributed by atoms with van der Waals surface area (Å²) in [6.07, 6.45) is 30.9. The van der Waals surface area contributed by atoms with Gasteiger partial charge in [-0.2, -0.15) is 22.2 Å². The van der Waals surface area contributed by atoms with Gasteiger partial charge in [0.2, 0.25) is 17.3 Å². The van der Waals surface area contributed by atoms with Gasteiger partial charge >= 0.3 is 70.5 Å². The summed E-state index contributed by atoms with van der Waals surface area (Å²) in [6, 6.07) is 40.2. The van der Waals surface area contributed by atoms with Gasteiger partial charge in [-0.3, -0.25) is 9.59 Å². The van der Waals surface area contributed by atoms with Crippen LogP contribution in [0.3, 0.4) is 0 Å². The molecule has 0 radical (unpaired) electrons. The second-order valence-electron chi connectivity index (χ2n) is 33.9. The molecule has 0 unspecified atom stereocenters. The van der Waals surface area contributed by atoms with Crippen LogP contribution in [0.5, 0.6) is 17.2 Å². The molecule has 2 aliphatic heterocycles. The number of Topliss-reactive ketones (excluding diaryl/α,β-unsaturated/α-hetero) is 1. The molecule has 674 valence electrons. The van der Waals surface area contributed by atoms with Crippen molar-refractivity contribution in [2.45, 2.75) is 207 Å². The van der Waals surface area contributed by atoms with Gasteiger partial charge in [-0.15, -0.1) is 35.8 Å². The maximum Gasteiger partial charge on any atom is 2.00 e. The number of fused-ring (bicyclic) bond motifs is 2. The summed E-state index contributed by atoms with van der Waals surface area (Å²) < 4.78 is 52.4. The van der Waals surface area contributed by atoms with Gasteiger partial charge in [-0.05, 0) is 167 Å². The molecule has 0 saturated heterocycles. The molecule has 0 fully saturated rings. The summed E-state index contributed by atoms with van der Waals surface area (Å²) in [5, 5.41) is 18.6. The molecule has 126 heavy (non-hydrogen) atoms. The monoisotopic (exact) mass is 2170 g/mol. The fraction of sp³-hybridized carbons (Fsp3) is 0.409. The molecule has 0 saturated carbocycles. The van der Waals surface area contributed by atoms with E-state index in [0.29, 0.717) is 56.6 Å². The predicted molar refractivity (Wildman–Crippen MR) is 543 cm³/mol. The van der Waals surface area contributed by atoms with Gasteiger partial charge in [0.1, 0.15) is 71.1 Å². The number of alkyl halides is 1. The number of furan rings is 5. The van der Waals surface area contributed by atoms with Gasteiger partial charge in [0.05, 0.1) is 79.6 Å². The molecule has 10 rings (SSSR count). The van der Waals surface area contributed by atoms with E-state index in [1.165, 1.54) is 105 Å². The van der Waals surface area contributed by atoms with E-state index < -0.39 is 81.1 Å². The average Bonchev–Trinajstić information content (AvgIpc) is 0.795. The Balaban J connectivity index is -0.00000146. The number of benzene rings is 3. The number of carbonyl (C=O) groups is 5. The topological polar surface area (TPSA) is 229 Å². The van der Waals surface area contributed by atoms with Crippen LogP contribution in [-0.4, -0.2) is 162 Å². The van der Waals surface area contributed by atoms with E-state index in [4.69, 9.17) is 84.8 Å². The van der Waals surface area contributed by atoms with Crippen LogP contribution < -0.4 is 86.8 Å². The van der Waals surface area contributed by atoms with E-state index in [2.05, 4.69) is 257 Å². The number of methoxy groups -OCH3 is 5. The van der Waals surface area contributed by atoms with Crippen molar-refractivity contribution in [1.82, 2.24) is 0 Å². The number of nitrogens with one attached hydrogen (secondary N) is 1. The zero-order chi connectivity index (χ0) is 94.4. The zero-order valence-electron chi connectivity index (χ0n) is 78.6. The van der Waals surface area contributed by atoms with E-state index in [0.717, 1.165) is 35.4 Å². The molecule has 8 aromatic rings. The van der Waals surface area contributed by atoms with Gasteiger partial charge in [0, 0.05) is 31.9 Å². The number of carboxylic acid groups (broad SMARTS) is 1. The Morgan fingerprint density at radius 1 is 0.508 bits per heavy atom. The first kappa shape index (κ1) is 125. The number of halogens is 6. The predicted octanol–water partition coefficient (Wildman–Crippen LogP) is 16.8. The smallest absolute Gasteiger partial charge is 1.00 e. The minimum Gasteiger partial charge on any atom is -1.00 e. The Kier molecular flexibility index (Phi) is 58.3. The van der Waals surface area contributed by atoms with Crippen molar-refractivity contribution in [2.24, 2.45) is 0 Å². The number of aromatic carboxylic acids is 1. The van der Waals surface area contributed by atoms with E-state index in [9.17, 15) is 24.0 Å². The number of ketones is 1. The third-order valence-corrected chi connectivity index (χ3v) is 45.8. The molecular weight excluding hydrogens is 2050 g/mol. The molecule has 0 aliphatic carbocycles. The molecule has 0 spiro atoms. The number of esters is 2. The minimum atomic E-state index is -1.45. The molecule has 5 aromatic heterocycles. The van der Waals surface area contributed by atoms with Gasteiger partial charge in [-0.25, -0.2) is 14.4 Å². The number of carbonyl (C=O) groups excluding carboxylic acids is 4. The summed E-state index contributed by atoms with van der Waals surface area (Å²) in [4.78, 5) is 56.2. The molecule has 33 heteroatoms. The largest absolute Gasteiger partial charge is 2.00 e. The molecule has 2 N–H and O–H groups in total. The van der Waals surface area contributed by atoms with E-state index >= 15 is 0 Å². The third kappa shape index (κ3) is 43.6. The summed E-state index contributed by atoms with van der Waals surface area (Å²) in [5.74, 6) is 13.6. The molecule has 2 aliphatic rings. The van der Waals surface area contributed by atoms with E-state index in [1.54, 1.807) is 84.2 Å². The number of carboxylic acids is 1. The van der Waals surface area contributed by atoms with Crippen molar-refractivity contribution in [2.75, 3.05) is 46.2 Å².